The molecule has 0 aromatic heterocycles. The highest BCUT2D eigenvalue weighted by Gasteiger charge is 2.14. The molecule has 0 aliphatic carbocycles. The summed E-state index contributed by atoms with van der Waals surface area (Å²) in [4.78, 5) is 0. The van der Waals surface area contributed by atoms with Crippen LogP contribution in [0.25, 0.3) is 0 Å². The van der Waals surface area contributed by atoms with E-state index in [0.717, 1.165) is 12.2 Å². The molecule has 0 heterocycles. The SMILES string of the molecule is C=C(NC(C)C)NC(Cc1ccccc1C)c1ccccc1. The molecule has 2 aromatic carbocycles. The van der Waals surface area contributed by atoms with Gasteiger partial charge in [-0.15, -0.1) is 0 Å². The van der Waals surface area contributed by atoms with Crippen LogP contribution in [0.15, 0.2) is 67.0 Å². The summed E-state index contributed by atoms with van der Waals surface area (Å²) in [6.07, 6.45) is 0.940. The summed E-state index contributed by atoms with van der Waals surface area (Å²) in [6, 6.07) is 19.7. The Hall–Kier alpha value is -2.22. The molecular weight excluding hydrogens is 268 g/mol. The second-order valence-electron chi connectivity index (χ2n) is 6.02. The molecule has 2 N–H and O–H groups in total. The second-order valence-corrected chi connectivity index (χ2v) is 6.02. The molecule has 116 valence electrons. The Balaban J connectivity index is 2.19. The zero-order valence-electron chi connectivity index (χ0n) is 13.8. The molecule has 2 rings (SSSR count). The van der Waals surface area contributed by atoms with E-state index in [1.807, 2.05) is 0 Å². The van der Waals surface area contributed by atoms with Gasteiger partial charge in [0.05, 0.1) is 11.9 Å². The lowest BCUT2D eigenvalue weighted by atomic mass is 9.96. The molecular formula is C20H26N2. The normalized spacial score (nSPS) is 12.0. The second kappa shape index (κ2) is 7.69. The van der Waals surface area contributed by atoms with E-state index >= 15 is 0 Å². The van der Waals surface area contributed by atoms with Gasteiger partial charge in [0.15, 0.2) is 0 Å². The monoisotopic (exact) mass is 294 g/mol. The predicted octanol–water partition coefficient (Wildman–Crippen LogP) is 4.34. The van der Waals surface area contributed by atoms with Crippen LogP contribution >= 0.6 is 0 Å². The largest absolute Gasteiger partial charge is 0.370 e. The number of aryl methyl sites for hydroxylation is 1. The molecule has 0 bridgehead atoms. The lowest BCUT2D eigenvalue weighted by Gasteiger charge is -2.24. The minimum atomic E-state index is 0.209. The molecule has 2 aromatic rings. The van der Waals surface area contributed by atoms with Gasteiger partial charge in [0.1, 0.15) is 0 Å². The summed E-state index contributed by atoms with van der Waals surface area (Å²) in [5.41, 5.74) is 3.96. The maximum atomic E-state index is 4.10. The summed E-state index contributed by atoms with van der Waals surface area (Å²) < 4.78 is 0. The van der Waals surface area contributed by atoms with Crippen LogP contribution in [0.1, 0.15) is 36.6 Å². The van der Waals surface area contributed by atoms with Crippen molar-refractivity contribution >= 4 is 0 Å². The zero-order valence-corrected chi connectivity index (χ0v) is 13.8. The molecule has 0 fully saturated rings. The summed E-state index contributed by atoms with van der Waals surface area (Å²) in [5, 5.41) is 6.87. The molecule has 2 heteroatoms. The Labute approximate surface area is 134 Å². The molecule has 22 heavy (non-hydrogen) atoms. The Kier molecular flexibility index (Phi) is 5.65. The Morgan fingerprint density at radius 1 is 0.955 bits per heavy atom. The van der Waals surface area contributed by atoms with Gasteiger partial charge in [0.25, 0.3) is 0 Å². The molecule has 0 aliphatic rings. The van der Waals surface area contributed by atoms with Crippen LogP contribution < -0.4 is 10.6 Å². The highest BCUT2D eigenvalue weighted by Crippen LogP contribution is 2.21. The van der Waals surface area contributed by atoms with Gasteiger partial charge >= 0.3 is 0 Å². The first-order valence-corrected chi connectivity index (χ1v) is 7.87. The van der Waals surface area contributed by atoms with Crippen LogP contribution in [-0.2, 0) is 6.42 Å². The number of hydrogen-bond donors (Lipinski definition) is 2. The smallest absolute Gasteiger partial charge is 0.0919 e. The van der Waals surface area contributed by atoms with Gasteiger partial charge < -0.3 is 10.6 Å². The molecule has 0 aliphatic heterocycles. The van der Waals surface area contributed by atoms with Crippen molar-refractivity contribution in [3.8, 4) is 0 Å². The molecule has 0 spiro atoms. The van der Waals surface area contributed by atoms with Gasteiger partial charge in [-0.3, -0.25) is 0 Å². The quantitative estimate of drug-likeness (QED) is 0.794. The minimum Gasteiger partial charge on any atom is -0.370 e. The Morgan fingerprint density at radius 2 is 1.59 bits per heavy atom. The third-order valence-electron chi connectivity index (χ3n) is 3.70. The van der Waals surface area contributed by atoms with E-state index in [4.69, 9.17) is 0 Å². The van der Waals surface area contributed by atoms with Crippen molar-refractivity contribution in [3.63, 3.8) is 0 Å². The summed E-state index contributed by atoms with van der Waals surface area (Å²) in [6.45, 7) is 10.5. The average molecular weight is 294 g/mol. The van der Waals surface area contributed by atoms with Gasteiger partial charge in [0.2, 0.25) is 0 Å². The van der Waals surface area contributed by atoms with E-state index in [-0.39, 0.29) is 6.04 Å². The fraction of sp³-hybridized carbons (Fsp3) is 0.300. The summed E-state index contributed by atoms with van der Waals surface area (Å²) in [7, 11) is 0. The highest BCUT2D eigenvalue weighted by atomic mass is 15.1. The predicted molar refractivity (Wildman–Crippen MR) is 94.6 cm³/mol. The highest BCUT2D eigenvalue weighted by molar-refractivity contribution is 5.29. The van der Waals surface area contributed by atoms with Crippen molar-refractivity contribution in [1.29, 1.82) is 0 Å². The third-order valence-corrected chi connectivity index (χ3v) is 3.70. The van der Waals surface area contributed by atoms with E-state index in [1.165, 1.54) is 16.7 Å². The molecule has 0 radical (unpaired) electrons. The molecule has 1 atom stereocenters. The number of benzene rings is 2. The number of hydrogen-bond acceptors (Lipinski definition) is 2. The maximum absolute atomic E-state index is 4.10. The van der Waals surface area contributed by atoms with Crippen LogP contribution in [0.3, 0.4) is 0 Å². The van der Waals surface area contributed by atoms with Crippen molar-refractivity contribution in [1.82, 2.24) is 10.6 Å². The van der Waals surface area contributed by atoms with E-state index in [0.29, 0.717) is 6.04 Å². The van der Waals surface area contributed by atoms with Gasteiger partial charge in [-0.1, -0.05) is 61.2 Å². The van der Waals surface area contributed by atoms with Crippen LogP contribution in [0.5, 0.6) is 0 Å². The van der Waals surface area contributed by atoms with E-state index in [2.05, 4.69) is 92.6 Å². The van der Waals surface area contributed by atoms with Crippen molar-refractivity contribution in [3.05, 3.63) is 83.7 Å². The lowest BCUT2D eigenvalue weighted by molar-refractivity contribution is 0.532. The van der Waals surface area contributed by atoms with Crippen LogP contribution in [0.2, 0.25) is 0 Å². The van der Waals surface area contributed by atoms with Crippen LogP contribution in [0, 0.1) is 6.92 Å². The van der Waals surface area contributed by atoms with Crippen molar-refractivity contribution in [2.24, 2.45) is 0 Å². The van der Waals surface area contributed by atoms with Crippen molar-refractivity contribution in [2.75, 3.05) is 0 Å². The lowest BCUT2D eigenvalue weighted by Crippen LogP contribution is -2.33. The minimum absolute atomic E-state index is 0.209. The van der Waals surface area contributed by atoms with Crippen LogP contribution in [-0.4, -0.2) is 6.04 Å². The number of rotatable bonds is 7. The van der Waals surface area contributed by atoms with Gasteiger partial charge in [-0.2, -0.15) is 0 Å². The average Bonchev–Trinajstić information content (AvgIpc) is 2.49. The van der Waals surface area contributed by atoms with Crippen LogP contribution in [0.4, 0.5) is 0 Å². The molecule has 0 amide bonds. The first kappa shape index (κ1) is 16.2. The topological polar surface area (TPSA) is 24.1 Å². The van der Waals surface area contributed by atoms with E-state index in [1.54, 1.807) is 0 Å². The van der Waals surface area contributed by atoms with Gasteiger partial charge in [-0.25, -0.2) is 0 Å². The van der Waals surface area contributed by atoms with E-state index < -0.39 is 0 Å². The number of nitrogens with one attached hydrogen (secondary N) is 2. The first-order chi connectivity index (χ1) is 10.6. The summed E-state index contributed by atoms with van der Waals surface area (Å²) in [5.74, 6) is 0.873. The standard InChI is InChI=1S/C20H26N2/c1-15(2)21-17(4)22-20(18-11-6-5-7-12-18)14-19-13-9-8-10-16(19)3/h5-13,15,20-22H,4,14H2,1-3H3. The van der Waals surface area contributed by atoms with E-state index in [9.17, 15) is 0 Å². The molecule has 1 unspecified atom stereocenters. The van der Waals surface area contributed by atoms with Crippen molar-refractivity contribution < 1.29 is 0 Å². The Morgan fingerprint density at radius 3 is 2.23 bits per heavy atom. The maximum Gasteiger partial charge on any atom is 0.0919 e. The zero-order chi connectivity index (χ0) is 15.9. The molecule has 0 saturated carbocycles. The fourth-order valence-electron chi connectivity index (χ4n) is 2.60. The van der Waals surface area contributed by atoms with Gasteiger partial charge in [-0.05, 0) is 43.9 Å². The van der Waals surface area contributed by atoms with Crippen molar-refractivity contribution in [2.45, 2.75) is 39.3 Å². The molecule has 2 nitrogen and oxygen atoms in total. The summed E-state index contributed by atoms with van der Waals surface area (Å²) >= 11 is 0. The van der Waals surface area contributed by atoms with Gasteiger partial charge in [0, 0.05) is 6.04 Å². The third kappa shape index (κ3) is 4.66. The Bertz CT molecular complexity index is 602. The molecule has 0 saturated heterocycles. The first-order valence-electron chi connectivity index (χ1n) is 7.87. The fourth-order valence-corrected chi connectivity index (χ4v) is 2.60.